The maximum Gasteiger partial charge on any atom is 0.203 e. The molecule has 0 radical (unpaired) electrons. The molecule has 0 spiro atoms. The van der Waals surface area contributed by atoms with Gasteiger partial charge in [-0.05, 0) is 23.8 Å². The molecule has 4 nitrogen and oxygen atoms in total. The van der Waals surface area contributed by atoms with E-state index in [0.29, 0.717) is 12.1 Å². The minimum atomic E-state index is -0.0491. The Morgan fingerprint density at radius 3 is 2.80 bits per heavy atom. The second kappa shape index (κ2) is 5.48. The van der Waals surface area contributed by atoms with Crippen LogP contribution in [-0.2, 0) is 6.42 Å². The zero-order chi connectivity index (χ0) is 13.8. The van der Waals surface area contributed by atoms with Crippen LogP contribution in [0.15, 0.2) is 65.7 Å². The van der Waals surface area contributed by atoms with Gasteiger partial charge in [0.05, 0.1) is 5.69 Å². The number of rotatable bonds is 3. The summed E-state index contributed by atoms with van der Waals surface area (Å²) in [6, 6.07) is 15.3. The van der Waals surface area contributed by atoms with E-state index in [9.17, 15) is 4.79 Å². The number of hydrogen-bond donors (Lipinski definition) is 1. The summed E-state index contributed by atoms with van der Waals surface area (Å²) in [5, 5.41) is 6.73. The lowest BCUT2D eigenvalue weighted by molar-refractivity contribution is 0.920. The second-order valence-corrected chi connectivity index (χ2v) is 4.48. The minimum Gasteiger partial charge on any atom is -0.288 e. The first-order chi connectivity index (χ1) is 9.83. The fourth-order valence-electron chi connectivity index (χ4n) is 2.07. The Kier molecular flexibility index (Phi) is 3.37. The van der Waals surface area contributed by atoms with E-state index in [4.69, 9.17) is 0 Å². The standard InChI is InChI=1S/C16H13N3O/c20-16-7-9-18-19-15(16)11-12-4-3-5-13(10-12)14-6-1-2-8-17-14/h1-10H,11H2,(H,18,20). The zero-order valence-electron chi connectivity index (χ0n) is 10.8. The molecule has 20 heavy (non-hydrogen) atoms. The maximum absolute atomic E-state index is 11.7. The molecule has 0 fully saturated rings. The number of pyridine rings is 1. The summed E-state index contributed by atoms with van der Waals surface area (Å²) in [4.78, 5) is 16.0. The molecule has 2 aromatic heterocycles. The fraction of sp³-hybridized carbons (Fsp3) is 0.0625. The molecule has 0 unspecified atom stereocenters. The predicted octanol–water partition coefficient (Wildman–Crippen LogP) is 2.42. The topological polar surface area (TPSA) is 58.6 Å². The van der Waals surface area contributed by atoms with Crippen LogP contribution < -0.4 is 5.43 Å². The zero-order valence-corrected chi connectivity index (χ0v) is 10.8. The predicted molar refractivity (Wildman–Crippen MR) is 77.3 cm³/mol. The molecule has 4 heteroatoms. The van der Waals surface area contributed by atoms with Gasteiger partial charge in [-0.3, -0.25) is 14.9 Å². The summed E-state index contributed by atoms with van der Waals surface area (Å²) in [6.45, 7) is 0. The number of benzene rings is 1. The van der Waals surface area contributed by atoms with Gasteiger partial charge in [0, 0.05) is 30.4 Å². The van der Waals surface area contributed by atoms with Gasteiger partial charge >= 0.3 is 0 Å². The molecule has 0 saturated heterocycles. The molecule has 1 N–H and O–H groups in total. The average molecular weight is 263 g/mol. The van der Waals surface area contributed by atoms with E-state index in [0.717, 1.165) is 16.8 Å². The van der Waals surface area contributed by atoms with Crippen molar-refractivity contribution in [3.05, 3.63) is 82.4 Å². The van der Waals surface area contributed by atoms with Crippen molar-refractivity contribution in [2.75, 3.05) is 0 Å². The third-order valence-electron chi connectivity index (χ3n) is 3.05. The van der Waals surface area contributed by atoms with Crippen molar-refractivity contribution in [3.63, 3.8) is 0 Å². The van der Waals surface area contributed by atoms with E-state index in [1.807, 2.05) is 42.5 Å². The molecule has 0 saturated carbocycles. The lowest BCUT2D eigenvalue weighted by Crippen LogP contribution is -2.11. The molecule has 0 aliphatic heterocycles. The van der Waals surface area contributed by atoms with Gasteiger partial charge in [0.25, 0.3) is 0 Å². The minimum absolute atomic E-state index is 0.0491. The fourth-order valence-corrected chi connectivity index (χ4v) is 2.07. The van der Waals surface area contributed by atoms with Crippen LogP contribution >= 0.6 is 0 Å². The number of hydrogen-bond acceptors (Lipinski definition) is 3. The number of nitrogens with one attached hydrogen (secondary N) is 1. The Balaban J connectivity index is 1.93. The number of aromatic nitrogens is 3. The number of aromatic amines is 1. The Morgan fingerprint density at radius 2 is 2.00 bits per heavy atom. The van der Waals surface area contributed by atoms with Gasteiger partial charge in [-0.2, -0.15) is 5.10 Å². The van der Waals surface area contributed by atoms with Gasteiger partial charge in [0.1, 0.15) is 5.69 Å². The quantitative estimate of drug-likeness (QED) is 0.789. The van der Waals surface area contributed by atoms with Crippen LogP contribution in [0.1, 0.15) is 11.3 Å². The lowest BCUT2D eigenvalue weighted by atomic mass is 10.0. The van der Waals surface area contributed by atoms with Crippen molar-refractivity contribution < 1.29 is 0 Å². The van der Waals surface area contributed by atoms with E-state index in [1.165, 1.54) is 12.3 Å². The molecule has 0 aliphatic rings. The molecule has 98 valence electrons. The van der Waals surface area contributed by atoms with Gasteiger partial charge in [-0.25, -0.2) is 0 Å². The average Bonchev–Trinajstić information content (AvgIpc) is 2.51. The SMILES string of the molecule is O=c1cc[nH]nc1Cc1cccc(-c2ccccn2)c1. The van der Waals surface area contributed by atoms with Crippen molar-refractivity contribution >= 4 is 0 Å². The summed E-state index contributed by atoms with van der Waals surface area (Å²) in [5.74, 6) is 0. The van der Waals surface area contributed by atoms with Crippen LogP contribution in [0.5, 0.6) is 0 Å². The van der Waals surface area contributed by atoms with Crippen LogP contribution in [0.25, 0.3) is 11.3 Å². The van der Waals surface area contributed by atoms with Gasteiger partial charge < -0.3 is 0 Å². The first-order valence-electron chi connectivity index (χ1n) is 6.36. The summed E-state index contributed by atoms with van der Waals surface area (Å²) in [6.07, 6.45) is 3.82. The smallest absolute Gasteiger partial charge is 0.203 e. The van der Waals surface area contributed by atoms with E-state index >= 15 is 0 Å². The normalized spacial score (nSPS) is 10.4. The molecule has 2 heterocycles. The monoisotopic (exact) mass is 263 g/mol. The van der Waals surface area contributed by atoms with Crippen LogP contribution in [0.2, 0.25) is 0 Å². The second-order valence-electron chi connectivity index (χ2n) is 4.48. The van der Waals surface area contributed by atoms with Crippen molar-refractivity contribution in [1.82, 2.24) is 15.2 Å². The first-order valence-corrected chi connectivity index (χ1v) is 6.36. The van der Waals surface area contributed by atoms with Crippen LogP contribution in [0.3, 0.4) is 0 Å². The van der Waals surface area contributed by atoms with E-state index in [1.54, 1.807) is 6.20 Å². The van der Waals surface area contributed by atoms with Crippen molar-refractivity contribution in [3.8, 4) is 11.3 Å². The van der Waals surface area contributed by atoms with Crippen molar-refractivity contribution in [2.45, 2.75) is 6.42 Å². The Labute approximate surface area is 116 Å². The highest BCUT2D eigenvalue weighted by molar-refractivity contribution is 5.59. The number of H-pyrrole nitrogens is 1. The molecule has 3 rings (SSSR count). The van der Waals surface area contributed by atoms with E-state index < -0.39 is 0 Å². The highest BCUT2D eigenvalue weighted by atomic mass is 16.1. The van der Waals surface area contributed by atoms with Crippen molar-refractivity contribution in [2.24, 2.45) is 0 Å². The van der Waals surface area contributed by atoms with Gasteiger partial charge in [-0.15, -0.1) is 0 Å². The van der Waals surface area contributed by atoms with E-state index in [2.05, 4.69) is 15.2 Å². The van der Waals surface area contributed by atoms with Crippen molar-refractivity contribution in [1.29, 1.82) is 0 Å². The Bertz CT molecular complexity index is 766. The highest BCUT2D eigenvalue weighted by Crippen LogP contribution is 2.18. The molecule has 0 aliphatic carbocycles. The Hall–Kier alpha value is -2.75. The molecule has 0 atom stereocenters. The Morgan fingerprint density at radius 1 is 1.05 bits per heavy atom. The third-order valence-corrected chi connectivity index (χ3v) is 3.05. The lowest BCUT2D eigenvalue weighted by Gasteiger charge is -2.04. The summed E-state index contributed by atoms with van der Waals surface area (Å²) in [5.41, 5.74) is 3.47. The van der Waals surface area contributed by atoms with Gasteiger partial charge in [-0.1, -0.05) is 24.3 Å². The molecular formula is C16H13N3O. The van der Waals surface area contributed by atoms with Gasteiger partial charge in [0.15, 0.2) is 0 Å². The molecule has 0 bridgehead atoms. The summed E-state index contributed by atoms with van der Waals surface area (Å²) in [7, 11) is 0. The van der Waals surface area contributed by atoms with Crippen LogP contribution in [-0.4, -0.2) is 15.2 Å². The highest BCUT2D eigenvalue weighted by Gasteiger charge is 2.04. The van der Waals surface area contributed by atoms with Crippen LogP contribution in [0.4, 0.5) is 0 Å². The molecule has 0 amide bonds. The molecular weight excluding hydrogens is 250 g/mol. The molecule has 1 aromatic carbocycles. The van der Waals surface area contributed by atoms with E-state index in [-0.39, 0.29) is 5.43 Å². The summed E-state index contributed by atoms with van der Waals surface area (Å²) < 4.78 is 0. The first kappa shape index (κ1) is 12.3. The molecule has 3 aromatic rings. The maximum atomic E-state index is 11.7. The van der Waals surface area contributed by atoms with Gasteiger partial charge in [0.2, 0.25) is 5.43 Å². The number of nitrogens with zero attached hydrogens (tertiary/aromatic N) is 2. The largest absolute Gasteiger partial charge is 0.288 e. The third kappa shape index (κ3) is 2.64. The van der Waals surface area contributed by atoms with Crippen LogP contribution in [0, 0.1) is 0 Å². The summed E-state index contributed by atoms with van der Waals surface area (Å²) >= 11 is 0.